The summed E-state index contributed by atoms with van der Waals surface area (Å²) in [6.45, 7) is 18.8. The summed E-state index contributed by atoms with van der Waals surface area (Å²) >= 11 is 0. The Morgan fingerprint density at radius 3 is 1.93 bits per heavy atom. The van der Waals surface area contributed by atoms with Crippen LogP contribution in [0, 0.1) is 0 Å². The molecule has 4 rings (SSSR count). The van der Waals surface area contributed by atoms with Crippen LogP contribution in [0.15, 0.2) is 48.6 Å². The van der Waals surface area contributed by atoms with Crippen LogP contribution in [0.4, 0.5) is 0 Å². The first-order valence-electron chi connectivity index (χ1n) is 10.7. The van der Waals surface area contributed by atoms with Gasteiger partial charge >= 0.3 is 0 Å². The summed E-state index contributed by atoms with van der Waals surface area (Å²) in [6.07, 6.45) is 3.43. The number of aryl methyl sites for hydroxylation is 1. The number of ether oxygens (including phenoxy) is 2. The van der Waals surface area contributed by atoms with E-state index in [-0.39, 0.29) is 10.8 Å². The zero-order valence-corrected chi connectivity index (χ0v) is 19.0. The lowest BCUT2D eigenvalue weighted by Crippen LogP contribution is -2.17. The summed E-state index contributed by atoms with van der Waals surface area (Å²) < 4.78 is 11.0. The van der Waals surface area contributed by atoms with Crippen molar-refractivity contribution >= 4 is 0 Å². The van der Waals surface area contributed by atoms with Gasteiger partial charge < -0.3 is 9.47 Å². The van der Waals surface area contributed by atoms with Gasteiger partial charge in [0, 0.05) is 0 Å². The predicted molar refractivity (Wildman–Crippen MR) is 122 cm³/mol. The molecule has 1 aliphatic heterocycles. The molecule has 0 bridgehead atoms. The molecule has 0 aromatic heterocycles. The van der Waals surface area contributed by atoms with Crippen molar-refractivity contribution < 1.29 is 9.47 Å². The van der Waals surface area contributed by atoms with Crippen LogP contribution < -0.4 is 9.47 Å². The van der Waals surface area contributed by atoms with Crippen LogP contribution in [0.5, 0.6) is 11.5 Å². The van der Waals surface area contributed by atoms with E-state index in [4.69, 9.17) is 9.47 Å². The summed E-state index contributed by atoms with van der Waals surface area (Å²) in [5, 5.41) is 0. The van der Waals surface area contributed by atoms with Crippen LogP contribution in [-0.4, -0.2) is 13.2 Å². The largest absolute Gasteiger partial charge is 0.486 e. The first-order chi connectivity index (χ1) is 13.5. The number of rotatable bonds is 0. The summed E-state index contributed by atoms with van der Waals surface area (Å²) in [4.78, 5) is 0. The van der Waals surface area contributed by atoms with Crippen LogP contribution in [-0.2, 0) is 23.7 Å². The van der Waals surface area contributed by atoms with Crippen LogP contribution in [0.25, 0.3) is 0 Å². The molecule has 0 fully saturated rings. The Labute approximate surface area is 176 Å². The van der Waals surface area contributed by atoms with E-state index in [0.717, 1.165) is 17.9 Å². The Bertz CT molecular complexity index is 878. The zero-order valence-electron chi connectivity index (χ0n) is 19.0. The maximum absolute atomic E-state index is 5.53. The zero-order chi connectivity index (χ0) is 21.2. The van der Waals surface area contributed by atoms with Gasteiger partial charge in [0.2, 0.25) is 0 Å². The molecule has 0 saturated heterocycles. The second-order valence-electron chi connectivity index (χ2n) is 10.3. The number of hydrogen-bond donors (Lipinski definition) is 0. The average Bonchev–Trinajstić information content (AvgIpc) is 2.66. The van der Waals surface area contributed by atoms with Crippen LogP contribution >= 0.6 is 0 Å². The predicted octanol–water partition coefficient (Wildman–Crippen LogP) is 6.78. The molecule has 0 spiro atoms. The van der Waals surface area contributed by atoms with Crippen molar-refractivity contribution in [1.82, 2.24) is 0 Å². The second-order valence-corrected chi connectivity index (χ2v) is 10.3. The first-order valence-corrected chi connectivity index (χ1v) is 10.7. The molecule has 2 aliphatic rings. The molecule has 2 heteroatoms. The van der Waals surface area contributed by atoms with Gasteiger partial charge in [-0.3, -0.25) is 0 Å². The van der Waals surface area contributed by atoms with Gasteiger partial charge in [0.15, 0.2) is 11.5 Å². The van der Waals surface area contributed by atoms with Crippen LogP contribution in [0.3, 0.4) is 0 Å². The minimum absolute atomic E-state index is 0.163. The Morgan fingerprint density at radius 1 is 0.690 bits per heavy atom. The van der Waals surface area contributed by atoms with Crippen LogP contribution in [0.2, 0.25) is 0 Å². The smallest absolute Gasteiger partial charge is 0.161 e. The normalized spacial score (nSPS) is 15.9. The Morgan fingerprint density at radius 2 is 1.28 bits per heavy atom. The monoisotopic (exact) mass is 392 g/mol. The van der Waals surface area contributed by atoms with E-state index < -0.39 is 0 Å². The molecule has 0 saturated carbocycles. The van der Waals surface area contributed by atoms with Gasteiger partial charge in [0.1, 0.15) is 13.2 Å². The first kappa shape index (κ1) is 21.5. The number of benzene rings is 2. The molecule has 0 unspecified atom stereocenters. The number of fused-ring (bicyclic) bond motifs is 2. The van der Waals surface area contributed by atoms with Crippen molar-refractivity contribution in [2.45, 2.75) is 71.6 Å². The molecule has 0 radical (unpaired) electrons. The lowest BCUT2D eigenvalue weighted by Gasteiger charge is -2.24. The van der Waals surface area contributed by atoms with Crippen molar-refractivity contribution in [2.24, 2.45) is 0 Å². The number of allylic oxidation sites excluding steroid dienone is 1. The summed E-state index contributed by atoms with van der Waals surface area (Å²) in [5.74, 6) is 1.74. The van der Waals surface area contributed by atoms with Gasteiger partial charge in [-0.15, -0.1) is 0 Å². The highest BCUT2D eigenvalue weighted by molar-refractivity contribution is 5.45. The maximum atomic E-state index is 5.53. The second kappa shape index (κ2) is 8.26. The molecule has 2 aromatic rings. The van der Waals surface area contributed by atoms with Crippen molar-refractivity contribution in [3.8, 4) is 11.5 Å². The van der Waals surface area contributed by atoms with E-state index in [1.165, 1.54) is 40.7 Å². The maximum Gasteiger partial charge on any atom is 0.161 e. The fourth-order valence-electron chi connectivity index (χ4n) is 3.68. The molecule has 2 aromatic carbocycles. The molecule has 0 atom stereocenters. The molecule has 2 nitrogen and oxygen atoms in total. The number of hydrogen-bond acceptors (Lipinski definition) is 2. The highest BCUT2D eigenvalue weighted by Gasteiger charge is 2.19. The summed E-state index contributed by atoms with van der Waals surface area (Å²) in [5.41, 5.74) is 7.55. The minimum Gasteiger partial charge on any atom is -0.486 e. The Kier molecular flexibility index (Phi) is 6.12. The highest BCUT2D eigenvalue weighted by atomic mass is 16.6. The van der Waals surface area contributed by atoms with E-state index in [1.54, 1.807) is 0 Å². The van der Waals surface area contributed by atoms with Gasteiger partial charge in [-0.2, -0.15) is 0 Å². The van der Waals surface area contributed by atoms with Gasteiger partial charge in [0.05, 0.1) is 0 Å². The quantitative estimate of drug-likeness (QED) is 0.460. The third kappa shape index (κ3) is 5.44. The van der Waals surface area contributed by atoms with E-state index in [0.29, 0.717) is 13.2 Å². The minimum atomic E-state index is 0.163. The van der Waals surface area contributed by atoms with E-state index in [9.17, 15) is 0 Å². The third-order valence-electron chi connectivity index (χ3n) is 5.67. The van der Waals surface area contributed by atoms with Crippen molar-refractivity contribution in [2.75, 3.05) is 13.2 Å². The van der Waals surface area contributed by atoms with Crippen molar-refractivity contribution in [3.05, 3.63) is 70.8 Å². The van der Waals surface area contributed by atoms with Gasteiger partial charge in [-0.05, 0) is 64.5 Å². The van der Waals surface area contributed by atoms with Gasteiger partial charge in [-0.25, -0.2) is 0 Å². The third-order valence-corrected chi connectivity index (χ3v) is 5.67. The van der Waals surface area contributed by atoms with Crippen molar-refractivity contribution in [1.29, 1.82) is 0 Å². The fraction of sp³-hybridized carbons (Fsp3) is 0.481. The SMILES string of the molecule is C=C1CCc2ccc(C(C)(C)C)cc2C1.CC(C)(C)c1ccc2c(c1)OCCO2. The summed E-state index contributed by atoms with van der Waals surface area (Å²) in [6, 6.07) is 13.1. The van der Waals surface area contributed by atoms with Gasteiger partial charge in [0.25, 0.3) is 0 Å². The van der Waals surface area contributed by atoms with Crippen molar-refractivity contribution in [3.63, 3.8) is 0 Å². The molecule has 0 amide bonds. The van der Waals surface area contributed by atoms with E-state index in [2.05, 4.69) is 78.5 Å². The average molecular weight is 393 g/mol. The molecular weight excluding hydrogens is 356 g/mol. The lowest BCUT2D eigenvalue weighted by atomic mass is 9.81. The molecular formula is C27H36O2. The van der Waals surface area contributed by atoms with Crippen LogP contribution in [0.1, 0.15) is 70.2 Å². The van der Waals surface area contributed by atoms with E-state index in [1.807, 2.05) is 6.07 Å². The summed E-state index contributed by atoms with van der Waals surface area (Å²) in [7, 11) is 0. The standard InChI is InChI=1S/C15H20.C12H16O2/c1-11-5-6-12-7-8-14(15(2,3)4)10-13(12)9-11;1-12(2,3)9-4-5-10-11(8-9)14-7-6-13-10/h7-8,10H,1,5-6,9H2,2-4H3;4-5,8H,6-7H2,1-3H3. The molecule has 1 aliphatic carbocycles. The topological polar surface area (TPSA) is 18.5 Å². The lowest BCUT2D eigenvalue weighted by molar-refractivity contribution is 0.171. The highest BCUT2D eigenvalue weighted by Crippen LogP contribution is 2.34. The Balaban J connectivity index is 0.000000166. The molecule has 29 heavy (non-hydrogen) atoms. The molecule has 0 N–H and O–H groups in total. The van der Waals surface area contributed by atoms with E-state index >= 15 is 0 Å². The molecule has 156 valence electrons. The van der Waals surface area contributed by atoms with Gasteiger partial charge in [-0.1, -0.05) is 78.0 Å². The fourth-order valence-corrected chi connectivity index (χ4v) is 3.68. The Hall–Kier alpha value is -2.22. The molecule has 1 heterocycles.